The van der Waals surface area contributed by atoms with Gasteiger partial charge in [-0.2, -0.15) is 0 Å². The van der Waals surface area contributed by atoms with E-state index in [0.29, 0.717) is 6.42 Å². The number of nitrogens with two attached hydrogens (primary N) is 1. The second kappa shape index (κ2) is 15.3. The fourth-order valence-electron chi connectivity index (χ4n) is 2.04. The average molecular weight is 322 g/mol. The van der Waals surface area contributed by atoms with Crippen LogP contribution in [0.3, 0.4) is 0 Å². The van der Waals surface area contributed by atoms with Crippen LogP contribution < -0.4 is 45.7 Å². The van der Waals surface area contributed by atoms with Crippen LogP contribution in [0.1, 0.15) is 71.1 Å². The molecule has 0 saturated heterocycles. The Kier molecular flexibility index (Phi) is 16.5. The second-order valence-electron chi connectivity index (χ2n) is 5.32. The Morgan fingerprint density at radius 2 is 1.55 bits per heavy atom. The number of amides is 2. The van der Waals surface area contributed by atoms with Crippen LogP contribution >= 0.6 is 0 Å². The quantitative estimate of drug-likeness (QED) is 0.291. The first-order valence-corrected chi connectivity index (χ1v) is 7.75. The van der Waals surface area contributed by atoms with Gasteiger partial charge >= 0.3 is 29.6 Å². The van der Waals surface area contributed by atoms with Gasteiger partial charge in [0, 0.05) is 12.8 Å². The van der Waals surface area contributed by atoms with Crippen LogP contribution in [0.4, 0.5) is 0 Å². The Labute approximate surface area is 154 Å². The number of carbonyl (C=O) groups is 3. The molecule has 22 heavy (non-hydrogen) atoms. The summed E-state index contributed by atoms with van der Waals surface area (Å²) in [5, 5.41) is 13.2. The van der Waals surface area contributed by atoms with Gasteiger partial charge in [-0.1, -0.05) is 45.4 Å². The number of primary amides is 1. The SMILES string of the molecule is CCCCCCCCCC(=O)NC(CCC(N)=O)C(=O)[O-].[Na+]. The molecule has 0 aromatic rings. The smallest absolute Gasteiger partial charge is 0.548 e. The molecule has 3 N–H and O–H groups in total. The number of rotatable bonds is 13. The molecule has 0 aromatic carbocycles. The number of carbonyl (C=O) groups excluding carboxylic acids is 3. The number of hydrogen-bond donors (Lipinski definition) is 2. The molecule has 0 aliphatic heterocycles. The Morgan fingerprint density at radius 3 is 2.05 bits per heavy atom. The summed E-state index contributed by atoms with van der Waals surface area (Å²) in [5.41, 5.74) is 4.95. The summed E-state index contributed by atoms with van der Waals surface area (Å²) in [7, 11) is 0. The predicted molar refractivity (Wildman–Crippen MR) is 78.0 cm³/mol. The van der Waals surface area contributed by atoms with Crippen LogP contribution in [-0.4, -0.2) is 23.8 Å². The van der Waals surface area contributed by atoms with Crippen molar-refractivity contribution >= 4 is 17.8 Å². The first kappa shape index (κ1) is 23.7. The van der Waals surface area contributed by atoms with Crippen molar-refractivity contribution in [3.8, 4) is 0 Å². The number of nitrogens with one attached hydrogen (secondary N) is 1. The van der Waals surface area contributed by atoms with Crippen LogP contribution in [0.15, 0.2) is 0 Å². The van der Waals surface area contributed by atoms with Gasteiger partial charge in [0.15, 0.2) is 0 Å². The van der Waals surface area contributed by atoms with Crippen molar-refractivity contribution in [3.63, 3.8) is 0 Å². The maximum absolute atomic E-state index is 11.6. The molecule has 0 rings (SSSR count). The van der Waals surface area contributed by atoms with E-state index < -0.39 is 17.9 Å². The van der Waals surface area contributed by atoms with Gasteiger partial charge in [-0.3, -0.25) is 9.59 Å². The topological polar surface area (TPSA) is 112 Å². The minimum Gasteiger partial charge on any atom is -0.548 e. The zero-order valence-electron chi connectivity index (χ0n) is 13.9. The molecule has 0 radical (unpaired) electrons. The summed E-state index contributed by atoms with van der Waals surface area (Å²) in [4.78, 5) is 33.1. The Morgan fingerprint density at radius 1 is 1.00 bits per heavy atom. The van der Waals surface area contributed by atoms with Gasteiger partial charge in [-0.05, 0) is 12.8 Å². The molecule has 0 fully saturated rings. The van der Waals surface area contributed by atoms with E-state index in [-0.39, 0.29) is 48.3 Å². The fourth-order valence-corrected chi connectivity index (χ4v) is 2.04. The molecular formula is C15H27N2NaO4. The molecule has 0 saturated carbocycles. The van der Waals surface area contributed by atoms with E-state index >= 15 is 0 Å². The predicted octanol–water partition coefficient (Wildman–Crippen LogP) is -2.37. The Bertz CT molecular complexity index is 338. The van der Waals surface area contributed by atoms with Gasteiger partial charge < -0.3 is 21.0 Å². The summed E-state index contributed by atoms with van der Waals surface area (Å²) in [5.74, 6) is -2.30. The van der Waals surface area contributed by atoms with Gasteiger partial charge in [-0.25, -0.2) is 0 Å². The average Bonchev–Trinajstić information content (AvgIpc) is 2.41. The van der Waals surface area contributed by atoms with Crippen molar-refractivity contribution in [2.75, 3.05) is 0 Å². The van der Waals surface area contributed by atoms with Crippen molar-refractivity contribution < 1.29 is 49.0 Å². The van der Waals surface area contributed by atoms with E-state index in [0.717, 1.165) is 19.3 Å². The maximum atomic E-state index is 11.6. The van der Waals surface area contributed by atoms with Gasteiger partial charge in [0.1, 0.15) is 0 Å². The molecule has 2 amide bonds. The van der Waals surface area contributed by atoms with Gasteiger partial charge in [-0.15, -0.1) is 0 Å². The monoisotopic (exact) mass is 322 g/mol. The zero-order chi connectivity index (χ0) is 16.1. The number of carboxylic acid groups (broad SMARTS) is 1. The van der Waals surface area contributed by atoms with Crippen LogP contribution in [0.25, 0.3) is 0 Å². The summed E-state index contributed by atoms with van der Waals surface area (Å²) < 4.78 is 0. The van der Waals surface area contributed by atoms with Gasteiger partial charge in [0.2, 0.25) is 11.8 Å². The zero-order valence-corrected chi connectivity index (χ0v) is 15.9. The minimum atomic E-state index is -1.39. The van der Waals surface area contributed by atoms with E-state index in [1.165, 1.54) is 25.7 Å². The van der Waals surface area contributed by atoms with E-state index in [4.69, 9.17) is 5.73 Å². The third-order valence-electron chi connectivity index (χ3n) is 3.31. The normalized spacial score (nSPS) is 11.3. The van der Waals surface area contributed by atoms with Crippen molar-refractivity contribution in [1.82, 2.24) is 5.32 Å². The largest absolute Gasteiger partial charge is 1.00 e. The van der Waals surface area contributed by atoms with E-state index in [1.807, 2.05) is 0 Å². The molecular weight excluding hydrogens is 295 g/mol. The molecule has 122 valence electrons. The van der Waals surface area contributed by atoms with Crippen LogP contribution in [-0.2, 0) is 14.4 Å². The van der Waals surface area contributed by atoms with Crippen molar-refractivity contribution in [2.45, 2.75) is 77.2 Å². The fraction of sp³-hybridized carbons (Fsp3) is 0.800. The molecule has 0 heterocycles. The minimum absolute atomic E-state index is 0. The van der Waals surface area contributed by atoms with Crippen molar-refractivity contribution in [2.24, 2.45) is 5.73 Å². The molecule has 0 bridgehead atoms. The first-order valence-electron chi connectivity index (χ1n) is 7.75. The molecule has 0 aliphatic carbocycles. The third-order valence-corrected chi connectivity index (χ3v) is 3.31. The molecule has 0 aliphatic rings. The van der Waals surface area contributed by atoms with E-state index in [1.54, 1.807) is 0 Å². The summed E-state index contributed by atoms with van der Waals surface area (Å²) in [6.07, 6.45) is 7.84. The number of aliphatic carboxylic acids is 1. The maximum Gasteiger partial charge on any atom is 1.00 e. The molecule has 1 atom stereocenters. The molecule has 0 aromatic heterocycles. The Balaban J connectivity index is 0. The standard InChI is InChI=1S/C15H28N2O4.Na/c1-2-3-4-5-6-7-8-9-14(19)17-12(15(20)21)10-11-13(16)18;/h12H,2-11H2,1H3,(H2,16,18)(H,17,19)(H,20,21);/q;+1/p-1. The molecule has 6 nitrogen and oxygen atoms in total. The molecule has 1 unspecified atom stereocenters. The van der Waals surface area contributed by atoms with Gasteiger partial charge in [0.05, 0.1) is 12.0 Å². The van der Waals surface area contributed by atoms with Crippen molar-refractivity contribution in [1.29, 1.82) is 0 Å². The van der Waals surface area contributed by atoms with Crippen LogP contribution in [0.2, 0.25) is 0 Å². The number of hydrogen-bond acceptors (Lipinski definition) is 4. The van der Waals surface area contributed by atoms with Gasteiger partial charge in [0.25, 0.3) is 0 Å². The molecule has 7 heteroatoms. The van der Waals surface area contributed by atoms with Crippen LogP contribution in [0.5, 0.6) is 0 Å². The molecule has 0 spiro atoms. The summed E-state index contributed by atoms with van der Waals surface area (Å²) >= 11 is 0. The van der Waals surface area contributed by atoms with Crippen molar-refractivity contribution in [3.05, 3.63) is 0 Å². The second-order valence-corrected chi connectivity index (χ2v) is 5.32. The number of unbranched alkanes of at least 4 members (excludes halogenated alkanes) is 6. The first-order chi connectivity index (χ1) is 9.97. The van der Waals surface area contributed by atoms with E-state index in [2.05, 4.69) is 12.2 Å². The Hall–Kier alpha value is -0.590. The summed E-state index contributed by atoms with van der Waals surface area (Å²) in [6, 6.07) is -1.14. The third kappa shape index (κ3) is 14.4. The summed E-state index contributed by atoms with van der Waals surface area (Å²) in [6.45, 7) is 2.16. The van der Waals surface area contributed by atoms with Crippen LogP contribution in [0, 0.1) is 0 Å². The van der Waals surface area contributed by atoms with E-state index in [9.17, 15) is 19.5 Å². The number of carboxylic acids is 1.